The quantitative estimate of drug-likeness (QED) is 0.853. The average molecular weight is 403 g/mol. The molecule has 1 spiro atoms. The maximum atomic E-state index is 14.4. The molecule has 2 aromatic carbocycles. The Morgan fingerprint density at radius 1 is 1.36 bits per heavy atom. The van der Waals surface area contributed by atoms with E-state index in [9.17, 15) is 13.6 Å². The van der Waals surface area contributed by atoms with E-state index in [0.717, 1.165) is 23.8 Å². The van der Waals surface area contributed by atoms with E-state index in [1.165, 1.54) is 23.7 Å². The Morgan fingerprint density at radius 2 is 2.14 bits per heavy atom. The van der Waals surface area contributed by atoms with Crippen LogP contribution in [-0.4, -0.2) is 29.1 Å². The number of hydrazone groups is 1. The third-order valence-corrected chi connectivity index (χ3v) is 6.53. The Balaban J connectivity index is 1.89. The van der Waals surface area contributed by atoms with Gasteiger partial charge in [0.05, 0.1) is 6.61 Å². The predicted molar refractivity (Wildman–Crippen MR) is 104 cm³/mol. The zero-order chi connectivity index (χ0) is 19.9. The number of hydrogen-bond acceptors (Lipinski definition) is 5. The summed E-state index contributed by atoms with van der Waals surface area (Å²) in [5.41, 5.74) is 6.63. The number of benzene rings is 2. The molecule has 1 amide bonds. The molecule has 146 valence electrons. The molecule has 0 fully saturated rings. The second kappa shape index (κ2) is 7.18. The van der Waals surface area contributed by atoms with Crippen molar-refractivity contribution in [1.82, 2.24) is 5.01 Å². The smallest absolute Gasteiger partial charge is 0.241 e. The van der Waals surface area contributed by atoms with Gasteiger partial charge in [-0.2, -0.15) is 5.10 Å². The third kappa shape index (κ3) is 2.87. The van der Waals surface area contributed by atoms with Crippen LogP contribution in [-0.2, 0) is 9.67 Å². The van der Waals surface area contributed by atoms with Gasteiger partial charge in [-0.1, -0.05) is 30.0 Å². The lowest BCUT2D eigenvalue weighted by Crippen LogP contribution is -2.51. The molecule has 2 aromatic rings. The number of carbonyl (C=O) groups is 1. The molecule has 2 N–H and O–H groups in total. The Morgan fingerprint density at radius 3 is 2.89 bits per heavy atom. The lowest BCUT2D eigenvalue weighted by Gasteiger charge is -2.45. The van der Waals surface area contributed by atoms with Gasteiger partial charge in [-0.05, 0) is 37.2 Å². The third-order valence-electron chi connectivity index (χ3n) is 5.00. The van der Waals surface area contributed by atoms with Crippen LogP contribution in [0.5, 0.6) is 5.75 Å². The van der Waals surface area contributed by atoms with E-state index in [1.54, 1.807) is 0 Å². The van der Waals surface area contributed by atoms with E-state index in [4.69, 9.17) is 10.5 Å². The van der Waals surface area contributed by atoms with Gasteiger partial charge in [0, 0.05) is 24.0 Å². The largest absolute Gasteiger partial charge is 0.493 e. The molecule has 0 radical (unpaired) electrons. The first-order valence-electron chi connectivity index (χ1n) is 8.93. The minimum atomic E-state index is -0.922. The fourth-order valence-electron chi connectivity index (χ4n) is 3.77. The lowest BCUT2D eigenvalue weighted by molar-refractivity contribution is -0.134. The Kier molecular flexibility index (Phi) is 4.84. The number of thioether (sulfide) groups is 1. The molecule has 5 nitrogen and oxygen atoms in total. The van der Waals surface area contributed by atoms with E-state index < -0.39 is 16.5 Å². The minimum Gasteiger partial charge on any atom is -0.493 e. The first-order chi connectivity index (χ1) is 13.5. The summed E-state index contributed by atoms with van der Waals surface area (Å²) < 4.78 is 34.1. The van der Waals surface area contributed by atoms with E-state index in [1.807, 2.05) is 24.3 Å². The second-order valence-corrected chi connectivity index (χ2v) is 7.95. The van der Waals surface area contributed by atoms with Crippen LogP contribution in [0.3, 0.4) is 0 Å². The normalized spacial score (nSPS) is 23.4. The highest BCUT2D eigenvalue weighted by atomic mass is 32.2. The summed E-state index contributed by atoms with van der Waals surface area (Å²) >= 11 is 1.25. The zero-order valence-corrected chi connectivity index (χ0v) is 16.0. The maximum absolute atomic E-state index is 14.4. The van der Waals surface area contributed by atoms with Crippen molar-refractivity contribution in [3.8, 4) is 5.75 Å². The fraction of sp³-hybridized carbons (Fsp3) is 0.300. The van der Waals surface area contributed by atoms with Crippen molar-refractivity contribution in [3.05, 3.63) is 65.2 Å². The first-order valence-corrected chi connectivity index (χ1v) is 9.75. The van der Waals surface area contributed by atoms with Crippen molar-refractivity contribution in [3.63, 3.8) is 0 Å². The summed E-state index contributed by atoms with van der Waals surface area (Å²) in [6.07, 6.45) is 0.583. The number of carbonyl (C=O) groups excluding carboxylic acids is 1. The highest BCUT2D eigenvalue weighted by Gasteiger charge is 2.56. The Labute approximate surface area is 165 Å². The monoisotopic (exact) mass is 403 g/mol. The molecule has 0 saturated carbocycles. The van der Waals surface area contributed by atoms with Crippen LogP contribution in [0.2, 0.25) is 0 Å². The molecule has 28 heavy (non-hydrogen) atoms. The molecule has 4 rings (SSSR count). The van der Waals surface area contributed by atoms with E-state index in [2.05, 4.69) is 5.10 Å². The summed E-state index contributed by atoms with van der Waals surface area (Å²) in [6, 6.07) is 10.6. The fourth-order valence-corrected chi connectivity index (χ4v) is 5.34. The number of para-hydroxylation sites is 1. The summed E-state index contributed by atoms with van der Waals surface area (Å²) in [4.78, 5) is 11.7. The van der Waals surface area contributed by atoms with Gasteiger partial charge in [0.1, 0.15) is 22.4 Å². The van der Waals surface area contributed by atoms with Gasteiger partial charge in [-0.25, -0.2) is 13.8 Å². The molecule has 0 unspecified atom stereocenters. The summed E-state index contributed by atoms with van der Waals surface area (Å²) in [5.74, 6) is -0.979. The number of halogens is 2. The van der Waals surface area contributed by atoms with Crippen LogP contribution >= 0.6 is 11.8 Å². The summed E-state index contributed by atoms with van der Waals surface area (Å²) in [6.45, 7) is 2.15. The van der Waals surface area contributed by atoms with E-state index >= 15 is 0 Å². The molecule has 8 heteroatoms. The van der Waals surface area contributed by atoms with Crippen LogP contribution in [0.15, 0.2) is 47.6 Å². The van der Waals surface area contributed by atoms with Gasteiger partial charge in [-0.15, -0.1) is 0 Å². The topological polar surface area (TPSA) is 67.9 Å². The zero-order valence-electron chi connectivity index (χ0n) is 15.2. The molecule has 2 heterocycles. The SMILES string of the molecule is CC(=O)N1N=C(c2cc(F)ccc2F)S[C@]12c1ccccc1OC[C@H]2CCN. The van der Waals surface area contributed by atoms with E-state index in [0.29, 0.717) is 25.3 Å². The number of fused-ring (bicyclic) bond motifs is 2. The highest BCUT2D eigenvalue weighted by molar-refractivity contribution is 8.15. The molecule has 2 aliphatic rings. The number of nitrogens with two attached hydrogens (primary N) is 1. The highest BCUT2D eigenvalue weighted by Crippen LogP contribution is 2.57. The molecule has 2 atom stereocenters. The predicted octanol–water partition coefficient (Wildman–Crippen LogP) is 3.43. The second-order valence-electron chi connectivity index (χ2n) is 6.74. The van der Waals surface area contributed by atoms with Crippen molar-refractivity contribution >= 4 is 22.7 Å². The van der Waals surface area contributed by atoms with E-state index in [-0.39, 0.29) is 22.4 Å². The number of rotatable bonds is 3. The van der Waals surface area contributed by atoms with Gasteiger partial charge >= 0.3 is 0 Å². The van der Waals surface area contributed by atoms with Crippen molar-refractivity contribution in [2.75, 3.05) is 13.2 Å². The van der Waals surface area contributed by atoms with Crippen molar-refractivity contribution in [1.29, 1.82) is 0 Å². The van der Waals surface area contributed by atoms with Gasteiger partial charge in [0.2, 0.25) is 5.91 Å². The number of hydrogen-bond donors (Lipinski definition) is 1. The van der Waals surface area contributed by atoms with Crippen LogP contribution in [0.4, 0.5) is 8.78 Å². The van der Waals surface area contributed by atoms with Crippen LogP contribution in [0.25, 0.3) is 0 Å². The molecule has 0 bridgehead atoms. The van der Waals surface area contributed by atoms with Crippen LogP contribution in [0.1, 0.15) is 24.5 Å². The number of nitrogens with zero attached hydrogens (tertiary/aromatic N) is 2. The molecular weight excluding hydrogens is 384 g/mol. The first kappa shape index (κ1) is 18.9. The number of ether oxygens (including phenoxy) is 1. The standard InChI is InChI=1S/C20H19F2N3O2S/c1-12(26)25-20(28-19(24-25)15-10-14(21)6-7-17(15)22)13(8-9-23)11-27-18-5-3-2-4-16(18)20/h2-7,10,13H,8-9,11,23H2,1H3/t13-,20-/m1/s1. The molecule has 0 saturated heterocycles. The van der Waals surface area contributed by atoms with Crippen LogP contribution < -0.4 is 10.5 Å². The van der Waals surface area contributed by atoms with Crippen LogP contribution in [0, 0.1) is 17.6 Å². The van der Waals surface area contributed by atoms with Crippen molar-refractivity contribution in [2.45, 2.75) is 18.2 Å². The Hall–Kier alpha value is -2.45. The molecule has 0 aromatic heterocycles. The number of amides is 1. The van der Waals surface area contributed by atoms with Crippen molar-refractivity contribution in [2.24, 2.45) is 16.8 Å². The minimum absolute atomic E-state index is 0.0311. The van der Waals surface area contributed by atoms with Gasteiger partial charge in [-0.3, -0.25) is 4.79 Å². The van der Waals surface area contributed by atoms with Gasteiger partial charge in [0.15, 0.2) is 4.87 Å². The molecule has 2 aliphatic heterocycles. The lowest BCUT2D eigenvalue weighted by atomic mass is 9.86. The summed E-state index contributed by atoms with van der Waals surface area (Å²) in [7, 11) is 0. The van der Waals surface area contributed by atoms with Gasteiger partial charge in [0.25, 0.3) is 0 Å². The molecular formula is C20H19F2N3O2S. The average Bonchev–Trinajstić information content (AvgIpc) is 3.08. The van der Waals surface area contributed by atoms with Gasteiger partial charge < -0.3 is 10.5 Å². The Bertz CT molecular complexity index is 968. The maximum Gasteiger partial charge on any atom is 0.241 e. The summed E-state index contributed by atoms with van der Waals surface area (Å²) in [5, 5.41) is 6.06. The van der Waals surface area contributed by atoms with Crippen molar-refractivity contribution < 1.29 is 18.3 Å². The molecule has 0 aliphatic carbocycles.